The van der Waals surface area contributed by atoms with Gasteiger partial charge in [-0.15, -0.1) is 0 Å². The molecule has 3 atom stereocenters. The molecule has 20 heavy (non-hydrogen) atoms. The molecule has 1 heterocycles. The van der Waals surface area contributed by atoms with Gasteiger partial charge in [-0.1, -0.05) is 12.1 Å². The molecular formula is C15H24N2O3. The lowest BCUT2D eigenvalue weighted by Gasteiger charge is -2.40. The van der Waals surface area contributed by atoms with Gasteiger partial charge in [-0.05, 0) is 24.6 Å². The number of ether oxygens (including phenoxy) is 2. The van der Waals surface area contributed by atoms with Crippen molar-refractivity contribution < 1.29 is 14.6 Å². The predicted octanol–water partition coefficient (Wildman–Crippen LogP) is 0.777. The van der Waals surface area contributed by atoms with Crippen molar-refractivity contribution in [2.75, 3.05) is 33.4 Å². The number of methoxy groups -OCH3 is 1. The zero-order chi connectivity index (χ0) is 14.5. The minimum atomic E-state index is -0.133. The largest absolute Gasteiger partial charge is 0.497 e. The Balaban J connectivity index is 2.13. The number of aliphatic hydroxyl groups is 1. The van der Waals surface area contributed by atoms with Crippen molar-refractivity contribution in [3.63, 3.8) is 0 Å². The van der Waals surface area contributed by atoms with Gasteiger partial charge in [-0.25, -0.2) is 0 Å². The van der Waals surface area contributed by atoms with E-state index in [1.54, 1.807) is 7.11 Å². The summed E-state index contributed by atoms with van der Waals surface area (Å²) < 4.78 is 10.9. The van der Waals surface area contributed by atoms with Crippen molar-refractivity contribution in [2.24, 2.45) is 5.73 Å². The Morgan fingerprint density at radius 2 is 2.10 bits per heavy atom. The molecule has 0 saturated carbocycles. The number of hydrogen-bond donors (Lipinski definition) is 2. The van der Waals surface area contributed by atoms with Gasteiger partial charge in [-0.2, -0.15) is 0 Å². The first-order valence-corrected chi connectivity index (χ1v) is 7.02. The second-order valence-electron chi connectivity index (χ2n) is 5.23. The lowest BCUT2D eigenvalue weighted by Crippen LogP contribution is -2.50. The second-order valence-corrected chi connectivity index (χ2v) is 5.23. The number of nitrogens with zero attached hydrogens (tertiary/aromatic N) is 1. The predicted molar refractivity (Wildman–Crippen MR) is 77.8 cm³/mol. The summed E-state index contributed by atoms with van der Waals surface area (Å²) in [4.78, 5) is 2.29. The molecule has 5 heteroatoms. The summed E-state index contributed by atoms with van der Waals surface area (Å²) in [5, 5.41) is 9.32. The lowest BCUT2D eigenvalue weighted by atomic mass is 10.0. The quantitative estimate of drug-likeness (QED) is 0.834. The molecule has 0 bridgehead atoms. The third-order valence-electron chi connectivity index (χ3n) is 3.72. The van der Waals surface area contributed by atoms with E-state index in [0.717, 1.165) is 12.3 Å². The van der Waals surface area contributed by atoms with Crippen LogP contribution in [0.5, 0.6) is 5.75 Å². The Bertz CT molecular complexity index is 410. The highest BCUT2D eigenvalue weighted by Crippen LogP contribution is 2.25. The maximum atomic E-state index is 9.32. The maximum absolute atomic E-state index is 9.32. The highest BCUT2D eigenvalue weighted by molar-refractivity contribution is 5.29. The second kappa shape index (κ2) is 7.04. The van der Waals surface area contributed by atoms with E-state index >= 15 is 0 Å². The molecule has 5 nitrogen and oxygen atoms in total. The average molecular weight is 280 g/mol. The molecular weight excluding hydrogens is 256 g/mol. The van der Waals surface area contributed by atoms with Crippen LogP contribution in [0.3, 0.4) is 0 Å². The summed E-state index contributed by atoms with van der Waals surface area (Å²) in [5.74, 6) is 0.841. The van der Waals surface area contributed by atoms with Gasteiger partial charge < -0.3 is 20.3 Å². The Morgan fingerprint density at radius 1 is 1.40 bits per heavy atom. The Hall–Kier alpha value is -1.14. The van der Waals surface area contributed by atoms with Gasteiger partial charge in [-0.3, -0.25) is 4.90 Å². The smallest absolute Gasteiger partial charge is 0.118 e. The minimum Gasteiger partial charge on any atom is -0.497 e. The molecule has 0 spiro atoms. The van der Waals surface area contributed by atoms with Crippen molar-refractivity contribution in [2.45, 2.75) is 25.2 Å². The van der Waals surface area contributed by atoms with Crippen LogP contribution in [0.4, 0.5) is 0 Å². The van der Waals surface area contributed by atoms with E-state index in [1.165, 1.54) is 5.56 Å². The summed E-state index contributed by atoms with van der Waals surface area (Å²) in [6.45, 7) is 4.13. The molecule has 0 amide bonds. The number of morpholine rings is 1. The topological polar surface area (TPSA) is 68.0 Å². The van der Waals surface area contributed by atoms with Crippen LogP contribution < -0.4 is 10.5 Å². The maximum Gasteiger partial charge on any atom is 0.118 e. The van der Waals surface area contributed by atoms with Crippen LogP contribution >= 0.6 is 0 Å². The van der Waals surface area contributed by atoms with Crippen LogP contribution in [0.1, 0.15) is 18.5 Å². The van der Waals surface area contributed by atoms with Crippen LogP contribution in [0.15, 0.2) is 24.3 Å². The summed E-state index contributed by atoms with van der Waals surface area (Å²) >= 11 is 0. The molecule has 1 saturated heterocycles. The molecule has 112 valence electrons. The van der Waals surface area contributed by atoms with Gasteiger partial charge in [0, 0.05) is 25.7 Å². The molecule has 0 radical (unpaired) electrons. The Kier molecular flexibility index (Phi) is 5.37. The minimum absolute atomic E-state index is 0.0424. The normalized spacial score (nSPS) is 25.4. The summed E-state index contributed by atoms with van der Waals surface area (Å²) in [6, 6.07) is 8.13. The fourth-order valence-electron chi connectivity index (χ4n) is 2.76. The van der Waals surface area contributed by atoms with Crippen LogP contribution in [-0.2, 0) is 4.74 Å². The van der Waals surface area contributed by atoms with Gasteiger partial charge >= 0.3 is 0 Å². The van der Waals surface area contributed by atoms with Gasteiger partial charge in [0.15, 0.2) is 0 Å². The van der Waals surface area contributed by atoms with Crippen LogP contribution in [0.2, 0.25) is 0 Å². The van der Waals surface area contributed by atoms with E-state index in [9.17, 15) is 5.11 Å². The highest BCUT2D eigenvalue weighted by Gasteiger charge is 2.29. The number of aliphatic hydroxyl groups excluding tert-OH is 1. The van der Waals surface area contributed by atoms with Crippen molar-refractivity contribution in [3.8, 4) is 5.75 Å². The Labute approximate surface area is 120 Å². The van der Waals surface area contributed by atoms with Gasteiger partial charge in [0.05, 0.1) is 25.9 Å². The summed E-state index contributed by atoms with van der Waals surface area (Å²) in [5.41, 5.74) is 7.13. The molecule has 1 fully saturated rings. The molecule has 3 unspecified atom stereocenters. The van der Waals surface area contributed by atoms with Crippen molar-refractivity contribution >= 4 is 0 Å². The van der Waals surface area contributed by atoms with Crippen LogP contribution in [0.25, 0.3) is 0 Å². The number of hydrogen-bond acceptors (Lipinski definition) is 5. The summed E-state index contributed by atoms with van der Waals surface area (Å²) in [6.07, 6.45) is -0.0285. The van der Waals surface area contributed by atoms with Crippen molar-refractivity contribution in [1.82, 2.24) is 4.90 Å². The molecule has 0 aliphatic carbocycles. The van der Waals surface area contributed by atoms with Crippen LogP contribution in [0, 0.1) is 0 Å². The molecule has 0 aromatic heterocycles. The molecule has 1 aromatic rings. The third kappa shape index (κ3) is 3.49. The molecule has 1 aliphatic heterocycles. The van der Waals surface area contributed by atoms with E-state index in [0.29, 0.717) is 13.1 Å². The van der Waals surface area contributed by atoms with Crippen molar-refractivity contribution in [3.05, 3.63) is 29.8 Å². The van der Waals surface area contributed by atoms with Crippen LogP contribution in [-0.4, -0.2) is 55.6 Å². The fraction of sp³-hybridized carbons (Fsp3) is 0.600. The van der Waals surface area contributed by atoms with Crippen molar-refractivity contribution in [1.29, 1.82) is 0 Å². The SMILES string of the molecule is COc1ccc(C(CN)N2CC(C)OC(CO)C2)cc1. The average Bonchev–Trinajstić information content (AvgIpc) is 2.48. The molecule has 1 aliphatic rings. The van der Waals surface area contributed by atoms with E-state index in [-0.39, 0.29) is 24.9 Å². The van der Waals surface area contributed by atoms with E-state index in [4.69, 9.17) is 15.2 Å². The number of nitrogens with two attached hydrogens (primary N) is 1. The lowest BCUT2D eigenvalue weighted by molar-refractivity contribution is -0.105. The monoisotopic (exact) mass is 280 g/mol. The van der Waals surface area contributed by atoms with Gasteiger partial charge in [0.2, 0.25) is 0 Å². The van der Waals surface area contributed by atoms with Gasteiger partial charge in [0.1, 0.15) is 5.75 Å². The fourth-order valence-corrected chi connectivity index (χ4v) is 2.76. The molecule has 1 aromatic carbocycles. The number of benzene rings is 1. The summed E-state index contributed by atoms with van der Waals surface area (Å²) in [7, 11) is 1.66. The molecule has 3 N–H and O–H groups in total. The third-order valence-corrected chi connectivity index (χ3v) is 3.72. The first-order chi connectivity index (χ1) is 9.67. The molecule has 2 rings (SSSR count). The highest BCUT2D eigenvalue weighted by atomic mass is 16.5. The standard InChI is InChI=1S/C15H24N2O3/c1-11-8-17(9-14(10-18)20-11)15(7-16)12-3-5-13(19-2)6-4-12/h3-6,11,14-15,18H,7-10,16H2,1-2H3. The van der Waals surface area contributed by atoms with E-state index < -0.39 is 0 Å². The van der Waals surface area contributed by atoms with E-state index in [2.05, 4.69) is 4.90 Å². The van der Waals surface area contributed by atoms with E-state index in [1.807, 2.05) is 31.2 Å². The zero-order valence-corrected chi connectivity index (χ0v) is 12.2. The zero-order valence-electron chi connectivity index (χ0n) is 12.2. The number of rotatable bonds is 5. The Morgan fingerprint density at radius 3 is 2.65 bits per heavy atom. The van der Waals surface area contributed by atoms with Gasteiger partial charge in [0.25, 0.3) is 0 Å². The first kappa shape index (κ1) is 15.3. The first-order valence-electron chi connectivity index (χ1n) is 7.02.